The molecule has 7 nitrogen and oxygen atoms in total. The van der Waals surface area contributed by atoms with E-state index in [1.54, 1.807) is 18.3 Å². The predicted molar refractivity (Wildman–Crippen MR) is 113 cm³/mol. The smallest absolute Gasteiger partial charge is 0.243 e. The zero-order valence-corrected chi connectivity index (χ0v) is 17.4. The van der Waals surface area contributed by atoms with Crippen LogP contribution in [0.4, 0.5) is 14.6 Å². The highest BCUT2D eigenvalue weighted by Gasteiger charge is 2.32. The zero-order valence-electron chi connectivity index (χ0n) is 17.4. The van der Waals surface area contributed by atoms with Crippen LogP contribution in [0.1, 0.15) is 30.9 Å². The van der Waals surface area contributed by atoms with E-state index < -0.39 is 23.6 Å². The van der Waals surface area contributed by atoms with Crippen LogP contribution in [-0.4, -0.2) is 46.9 Å². The summed E-state index contributed by atoms with van der Waals surface area (Å²) in [7, 11) is 0. The summed E-state index contributed by atoms with van der Waals surface area (Å²) in [5.41, 5.74) is 6.72. The van der Waals surface area contributed by atoms with Gasteiger partial charge in [-0.05, 0) is 55.3 Å². The normalized spacial score (nSPS) is 17.3. The topological polar surface area (TPSA) is 100 Å². The Morgan fingerprint density at radius 2 is 2.00 bits per heavy atom. The average molecular weight is 431 g/mol. The minimum atomic E-state index is -0.996. The van der Waals surface area contributed by atoms with E-state index in [-0.39, 0.29) is 24.9 Å². The number of rotatable bonds is 8. The molecule has 0 bridgehead atoms. The second-order valence-electron chi connectivity index (χ2n) is 7.61. The van der Waals surface area contributed by atoms with Crippen LogP contribution in [-0.2, 0) is 22.6 Å². The molecule has 1 aromatic heterocycles. The lowest BCUT2D eigenvalue weighted by Gasteiger charge is -2.25. The Bertz CT molecular complexity index is 923. The maximum Gasteiger partial charge on any atom is 0.243 e. The van der Waals surface area contributed by atoms with E-state index in [2.05, 4.69) is 20.5 Å². The van der Waals surface area contributed by atoms with Crippen LogP contribution in [0.15, 0.2) is 36.5 Å². The molecule has 9 heteroatoms. The van der Waals surface area contributed by atoms with Gasteiger partial charge in [-0.1, -0.05) is 19.1 Å². The number of hydrogen-bond donors (Lipinski definition) is 3. The molecule has 0 radical (unpaired) electrons. The second kappa shape index (κ2) is 10.3. The molecule has 0 aliphatic carbocycles. The number of carbonyl (C=O) groups is 2. The number of amides is 2. The van der Waals surface area contributed by atoms with E-state index in [0.29, 0.717) is 11.4 Å². The van der Waals surface area contributed by atoms with Crippen molar-refractivity contribution in [3.63, 3.8) is 0 Å². The highest BCUT2D eigenvalue weighted by atomic mass is 19.2. The molecule has 31 heavy (non-hydrogen) atoms. The summed E-state index contributed by atoms with van der Waals surface area (Å²) in [6, 6.07) is 5.59. The first-order valence-electron chi connectivity index (χ1n) is 10.3. The number of nitrogen functional groups attached to an aromatic ring is 1. The van der Waals surface area contributed by atoms with Crippen LogP contribution in [0, 0.1) is 11.6 Å². The fourth-order valence-electron chi connectivity index (χ4n) is 3.73. The molecule has 4 N–H and O–H groups in total. The third-order valence-corrected chi connectivity index (χ3v) is 5.44. The number of anilines is 1. The van der Waals surface area contributed by atoms with Gasteiger partial charge in [0, 0.05) is 19.2 Å². The predicted octanol–water partition coefficient (Wildman–Crippen LogP) is 1.77. The molecule has 1 aliphatic rings. The standard InChI is InChI=1S/C22H27F2N5O2/c1-2-29-9-3-4-19(29)22(31)28-18(11-14-5-7-16(23)17(24)10-14)21(30)27-13-15-6-8-20(25)26-12-15/h5-8,10,12,18-19H,2-4,9,11,13H2,1H3,(H2,25,26)(H,27,30)(H,28,31). The van der Waals surface area contributed by atoms with Crippen molar-refractivity contribution >= 4 is 17.6 Å². The number of halogens is 2. The molecule has 2 unspecified atom stereocenters. The van der Waals surface area contributed by atoms with Gasteiger partial charge in [0.25, 0.3) is 0 Å². The average Bonchev–Trinajstić information content (AvgIpc) is 3.24. The van der Waals surface area contributed by atoms with Crippen molar-refractivity contribution in [2.75, 3.05) is 18.8 Å². The molecule has 2 amide bonds. The van der Waals surface area contributed by atoms with Crippen LogP contribution in [0.5, 0.6) is 0 Å². The number of hydrogen-bond acceptors (Lipinski definition) is 5. The van der Waals surface area contributed by atoms with Crippen LogP contribution in [0.3, 0.4) is 0 Å². The van der Waals surface area contributed by atoms with Gasteiger partial charge in [-0.15, -0.1) is 0 Å². The quantitative estimate of drug-likeness (QED) is 0.592. The lowest BCUT2D eigenvalue weighted by Crippen LogP contribution is -2.53. The Labute approximate surface area is 180 Å². The van der Waals surface area contributed by atoms with Crippen molar-refractivity contribution in [3.8, 4) is 0 Å². The molecule has 1 aliphatic heterocycles. The molecule has 1 aromatic carbocycles. The summed E-state index contributed by atoms with van der Waals surface area (Å²) < 4.78 is 26.9. The van der Waals surface area contributed by atoms with Gasteiger partial charge in [-0.25, -0.2) is 13.8 Å². The summed E-state index contributed by atoms with van der Waals surface area (Å²) in [4.78, 5) is 31.8. The molecule has 3 rings (SSSR count). The third-order valence-electron chi connectivity index (χ3n) is 5.44. The summed E-state index contributed by atoms with van der Waals surface area (Å²) in [5.74, 6) is -2.25. The van der Waals surface area contributed by atoms with E-state index in [1.807, 2.05) is 6.92 Å². The number of nitrogens with one attached hydrogen (secondary N) is 2. The number of benzene rings is 1. The minimum absolute atomic E-state index is 0.0353. The lowest BCUT2D eigenvalue weighted by atomic mass is 10.0. The first-order chi connectivity index (χ1) is 14.9. The highest BCUT2D eigenvalue weighted by molar-refractivity contribution is 5.90. The molecular weight excluding hydrogens is 404 g/mol. The van der Waals surface area contributed by atoms with Crippen molar-refractivity contribution in [1.29, 1.82) is 0 Å². The second-order valence-corrected chi connectivity index (χ2v) is 7.61. The number of nitrogens with zero attached hydrogens (tertiary/aromatic N) is 2. The summed E-state index contributed by atoms with van der Waals surface area (Å²) in [6.07, 6.45) is 3.22. The molecule has 1 saturated heterocycles. The first kappa shape index (κ1) is 22.6. The summed E-state index contributed by atoms with van der Waals surface area (Å²) in [5, 5.41) is 5.58. The van der Waals surface area contributed by atoms with Crippen LogP contribution >= 0.6 is 0 Å². The molecule has 0 saturated carbocycles. The van der Waals surface area contributed by atoms with Crippen molar-refractivity contribution in [2.24, 2.45) is 0 Å². The van der Waals surface area contributed by atoms with Crippen molar-refractivity contribution < 1.29 is 18.4 Å². The van der Waals surface area contributed by atoms with E-state index >= 15 is 0 Å². The highest BCUT2D eigenvalue weighted by Crippen LogP contribution is 2.17. The Morgan fingerprint density at radius 3 is 2.68 bits per heavy atom. The summed E-state index contributed by atoms with van der Waals surface area (Å²) in [6.45, 7) is 3.75. The van der Waals surface area contributed by atoms with Crippen molar-refractivity contribution in [1.82, 2.24) is 20.5 Å². The molecule has 2 aromatic rings. The van der Waals surface area contributed by atoms with E-state index in [1.165, 1.54) is 6.07 Å². The van der Waals surface area contributed by atoms with Gasteiger partial charge in [-0.3, -0.25) is 14.5 Å². The summed E-state index contributed by atoms with van der Waals surface area (Å²) >= 11 is 0. The Hall–Kier alpha value is -3.07. The van der Waals surface area contributed by atoms with Gasteiger partial charge in [0.1, 0.15) is 11.9 Å². The van der Waals surface area contributed by atoms with Gasteiger partial charge in [0.2, 0.25) is 11.8 Å². The van der Waals surface area contributed by atoms with Crippen LogP contribution < -0.4 is 16.4 Å². The molecule has 2 atom stereocenters. The maximum atomic E-state index is 13.7. The third kappa shape index (κ3) is 5.97. The van der Waals surface area contributed by atoms with Gasteiger partial charge < -0.3 is 16.4 Å². The SMILES string of the molecule is CCN1CCCC1C(=O)NC(Cc1ccc(F)c(F)c1)C(=O)NCc1ccc(N)nc1. The molecule has 166 valence electrons. The molecular formula is C22H27F2N5O2. The fourth-order valence-corrected chi connectivity index (χ4v) is 3.73. The number of carbonyl (C=O) groups excluding carboxylic acids is 2. The van der Waals surface area contributed by atoms with Crippen LogP contribution in [0.2, 0.25) is 0 Å². The number of pyridine rings is 1. The first-order valence-corrected chi connectivity index (χ1v) is 10.3. The maximum absolute atomic E-state index is 13.7. The fraction of sp³-hybridized carbons (Fsp3) is 0.409. The van der Waals surface area contributed by atoms with Crippen LogP contribution in [0.25, 0.3) is 0 Å². The van der Waals surface area contributed by atoms with Gasteiger partial charge in [0.15, 0.2) is 11.6 Å². The van der Waals surface area contributed by atoms with Gasteiger partial charge in [0.05, 0.1) is 6.04 Å². The minimum Gasteiger partial charge on any atom is -0.384 e. The molecule has 2 heterocycles. The van der Waals surface area contributed by atoms with Crippen molar-refractivity contribution in [3.05, 3.63) is 59.3 Å². The monoisotopic (exact) mass is 431 g/mol. The lowest BCUT2D eigenvalue weighted by molar-refractivity contribution is -0.131. The number of likely N-dealkylation sites (tertiary alicyclic amines) is 1. The number of aromatic nitrogens is 1. The Balaban J connectivity index is 1.72. The zero-order chi connectivity index (χ0) is 22.4. The largest absolute Gasteiger partial charge is 0.384 e. The van der Waals surface area contributed by atoms with Gasteiger partial charge >= 0.3 is 0 Å². The number of likely N-dealkylation sites (N-methyl/N-ethyl adjacent to an activating group) is 1. The van der Waals surface area contributed by atoms with E-state index in [4.69, 9.17) is 5.73 Å². The Kier molecular flexibility index (Phi) is 7.51. The molecule has 0 spiro atoms. The Morgan fingerprint density at radius 1 is 1.23 bits per heavy atom. The number of nitrogens with two attached hydrogens (primary N) is 1. The van der Waals surface area contributed by atoms with Gasteiger partial charge in [-0.2, -0.15) is 0 Å². The van der Waals surface area contributed by atoms with Crippen molar-refractivity contribution in [2.45, 2.75) is 44.8 Å². The van der Waals surface area contributed by atoms with E-state index in [0.717, 1.165) is 43.6 Å². The van der Waals surface area contributed by atoms with E-state index in [9.17, 15) is 18.4 Å². The molecule has 1 fully saturated rings.